The highest BCUT2D eigenvalue weighted by Crippen LogP contribution is 2.30. The van der Waals surface area contributed by atoms with Crippen LogP contribution in [0.1, 0.15) is 11.1 Å². The van der Waals surface area contributed by atoms with Crippen molar-refractivity contribution in [1.82, 2.24) is 9.97 Å². The maximum absolute atomic E-state index is 12.1. The van der Waals surface area contributed by atoms with E-state index in [-0.39, 0.29) is 11.4 Å². The van der Waals surface area contributed by atoms with Gasteiger partial charge in [0.1, 0.15) is 17.2 Å². The number of hydrogen-bond acceptors (Lipinski definition) is 5. The molecule has 0 atom stereocenters. The van der Waals surface area contributed by atoms with E-state index in [1.807, 2.05) is 25.1 Å². The van der Waals surface area contributed by atoms with E-state index in [1.54, 1.807) is 12.3 Å². The zero-order chi connectivity index (χ0) is 19.1. The molecule has 0 aliphatic heterocycles. The Labute approximate surface area is 158 Å². The molecule has 0 radical (unpaired) electrons. The Morgan fingerprint density at radius 2 is 1.89 bits per heavy atom. The van der Waals surface area contributed by atoms with E-state index in [0.717, 1.165) is 16.5 Å². The molecule has 3 N–H and O–H groups in total. The fourth-order valence-electron chi connectivity index (χ4n) is 2.81. The van der Waals surface area contributed by atoms with Crippen LogP contribution in [0.15, 0.2) is 46.2 Å². The molecule has 0 saturated heterocycles. The van der Waals surface area contributed by atoms with E-state index >= 15 is 0 Å². The van der Waals surface area contributed by atoms with E-state index in [2.05, 4.69) is 26.5 Å². The van der Waals surface area contributed by atoms with Gasteiger partial charge in [-0.2, -0.15) is 0 Å². The van der Waals surface area contributed by atoms with Crippen molar-refractivity contribution < 1.29 is 0 Å². The summed E-state index contributed by atoms with van der Waals surface area (Å²) in [7, 11) is 0. The van der Waals surface area contributed by atoms with Crippen LogP contribution in [-0.4, -0.2) is 9.97 Å². The Morgan fingerprint density at radius 1 is 1.15 bits per heavy atom. The van der Waals surface area contributed by atoms with Gasteiger partial charge >= 0.3 is 0 Å². The average molecular weight is 377 g/mol. The first-order valence-electron chi connectivity index (χ1n) is 8.05. The summed E-state index contributed by atoms with van der Waals surface area (Å²) in [5.74, 6) is 3.01. The van der Waals surface area contributed by atoms with Gasteiger partial charge in [-0.1, -0.05) is 17.5 Å². The number of rotatable bonds is 4. The number of aromatic nitrogens is 2. The number of benzene rings is 1. The minimum Gasteiger partial charge on any atom is -0.359 e. The molecule has 6 nitrogen and oxygen atoms in total. The van der Waals surface area contributed by atoms with Gasteiger partial charge in [-0.3, -0.25) is 9.59 Å². The number of hydrogen-bond donors (Lipinski definition) is 3. The molecule has 7 heteroatoms. The van der Waals surface area contributed by atoms with Crippen molar-refractivity contribution >= 4 is 45.4 Å². The topological polar surface area (TPSA) is 86.9 Å². The molecule has 0 amide bonds. The van der Waals surface area contributed by atoms with Crippen molar-refractivity contribution in [3.05, 3.63) is 73.3 Å². The molecular formula is C20H13ClN4O2. The molecular weight excluding hydrogens is 364 g/mol. The average Bonchev–Trinajstić information content (AvgIpc) is 3.08. The minimum absolute atomic E-state index is 0.164. The Hall–Kier alpha value is -3.56. The molecule has 0 aliphatic rings. The van der Waals surface area contributed by atoms with Crippen LogP contribution < -0.4 is 21.5 Å². The smallest absolute Gasteiger partial charge is 0.253 e. The first kappa shape index (κ1) is 16.9. The molecule has 2 aromatic carbocycles. The van der Waals surface area contributed by atoms with Gasteiger partial charge in [0.25, 0.3) is 10.9 Å². The van der Waals surface area contributed by atoms with Crippen LogP contribution in [0.5, 0.6) is 0 Å². The number of aryl methyl sites for hydroxylation is 1. The molecule has 2 heterocycles. The fourth-order valence-corrected chi connectivity index (χ4v) is 2.92. The van der Waals surface area contributed by atoms with E-state index in [1.165, 1.54) is 6.20 Å². The quantitative estimate of drug-likeness (QED) is 0.374. The van der Waals surface area contributed by atoms with Crippen molar-refractivity contribution in [2.75, 3.05) is 10.6 Å². The number of terminal acetylenes is 1. The van der Waals surface area contributed by atoms with Gasteiger partial charge in [0.05, 0.1) is 10.7 Å². The predicted molar refractivity (Wildman–Crippen MR) is 108 cm³/mol. The largest absolute Gasteiger partial charge is 0.359 e. The zero-order valence-corrected chi connectivity index (χ0v) is 14.9. The highest BCUT2D eigenvalue weighted by Gasteiger charge is 2.22. The van der Waals surface area contributed by atoms with Gasteiger partial charge in [0.15, 0.2) is 0 Å². The van der Waals surface area contributed by atoms with E-state index in [0.29, 0.717) is 22.1 Å². The number of nitrogens with zero attached hydrogens (tertiary/aromatic N) is 1. The van der Waals surface area contributed by atoms with Crippen molar-refractivity contribution in [3.8, 4) is 12.3 Å². The molecule has 0 fully saturated rings. The third-order valence-electron chi connectivity index (χ3n) is 4.32. The number of H-pyrrole nitrogens is 1. The van der Waals surface area contributed by atoms with Crippen LogP contribution in [-0.2, 0) is 0 Å². The minimum atomic E-state index is -0.601. The van der Waals surface area contributed by atoms with Crippen LogP contribution >= 0.6 is 11.6 Å². The Balaban J connectivity index is 1.69. The van der Waals surface area contributed by atoms with Crippen LogP contribution in [0.25, 0.3) is 10.9 Å². The molecule has 27 heavy (non-hydrogen) atoms. The highest BCUT2D eigenvalue weighted by atomic mass is 35.5. The lowest BCUT2D eigenvalue weighted by molar-refractivity contribution is 1.25. The molecule has 4 aromatic rings. The van der Waals surface area contributed by atoms with Gasteiger partial charge in [0, 0.05) is 28.9 Å². The van der Waals surface area contributed by atoms with Gasteiger partial charge < -0.3 is 15.6 Å². The fraction of sp³-hybridized carbons (Fsp3) is 0.0500. The molecule has 0 aliphatic carbocycles. The number of halogens is 1. The zero-order valence-electron chi connectivity index (χ0n) is 14.2. The molecule has 4 rings (SSSR count). The maximum atomic E-state index is 12.1. The van der Waals surface area contributed by atoms with Crippen molar-refractivity contribution in [2.45, 2.75) is 6.92 Å². The van der Waals surface area contributed by atoms with Gasteiger partial charge in [-0.15, -0.1) is 6.42 Å². The van der Waals surface area contributed by atoms with E-state index < -0.39 is 10.9 Å². The van der Waals surface area contributed by atoms with E-state index in [4.69, 9.17) is 18.0 Å². The van der Waals surface area contributed by atoms with Gasteiger partial charge in [-0.25, -0.2) is 4.98 Å². The summed E-state index contributed by atoms with van der Waals surface area (Å²) < 4.78 is 0. The summed E-state index contributed by atoms with van der Waals surface area (Å²) in [6.45, 7) is 1.82. The second-order valence-electron chi connectivity index (χ2n) is 6.08. The standard InChI is InChI=1S/C20H13ClN4O2/c1-3-11-4-5-14-12(7-11)15(9-22-14)24-17-18(20(27)19(17)26)25-16-6-10(2)13(21)8-23-16/h1,4-9,22,24H,2H3,(H,23,25). The monoisotopic (exact) mass is 376 g/mol. The summed E-state index contributed by atoms with van der Waals surface area (Å²) >= 11 is 5.97. The first-order valence-corrected chi connectivity index (χ1v) is 8.43. The number of aromatic amines is 1. The SMILES string of the molecule is C#Cc1ccc2[nH]cc(Nc3c(Nc4cc(C)c(Cl)cn4)c(=O)c3=O)c2c1. The molecule has 0 saturated carbocycles. The number of nitrogens with one attached hydrogen (secondary N) is 3. The predicted octanol–water partition coefficient (Wildman–Crippen LogP) is 3.59. The Morgan fingerprint density at radius 3 is 2.59 bits per heavy atom. The summed E-state index contributed by atoms with van der Waals surface area (Å²) in [5, 5.41) is 7.26. The summed E-state index contributed by atoms with van der Waals surface area (Å²) in [6, 6.07) is 7.21. The van der Waals surface area contributed by atoms with Crippen molar-refractivity contribution in [1.29, 1.82) is 0 Å². The maximum Gasteiger partial charge on any atom is 0.253 e. The second-order valence-corrected chi connectivity index (χ2v) is 6.49. The Bertz CT molecular complexity index is 1310. The van der Waals surface area contributed by atoms with E-state index in [9.17, 15) is 9.59 Å². The van der Waals surface area contributed by atoms with Crippen LogP contribution in [0.4, 0.5) is 22.9 Å². The van der Waals surface area contributed by atoms with Gasteiger partial charge in [0.2, 0.25) is 0 Å². The third-order valence-corrected chi connectivity index (χ3v) is 4.71. The number of anilines is 4. The third kappa shape index (κ3) is 2.84. The Kier molecular flexibility index (Phi) is 3.94. The van der Waals surface area contributed by atoms with Crippen molar-refractivity contribution in [3.63, 3.8) is 0 Å². The van der Waals surface area contributed by atoms with Crippen LogP contribution in [0.2, 0.25) is 5.02 Å². The lowest BCUT2D eigenvalue weighted by atomic mass is 10.1. The summed E-state index contributed by atoms with van der Waals surface area (Å²) in [4.78, 5) is 31.3. The first-order chi connectivity index (χ1) is 13.0. The normalized spacial score (nSPS) is 10.9. The van der Waals surface area contributed by atoms with Gasteiger partial charge in [-0.05, 0) is 36.8 Å². The number of pyridine rings is 1. The molecule has 0 unspecified atom stereocenters. The molecule has 0 bridgehead atoms. The summed E-state index contributed by atoms with van der Waals surface area (Å²) in [5.41, 5.74) is 2.19. The van der Waals surface area contributed by atoms with Crippen molar-refractivity contribution in [2.24, 2.45) is 0 Å². The molecule has 132 valence electrons. The second kappa shape index (κ2) is 6.31. The molecule has 0 spiro atoms. The van der Waals surface area contributed by atoms with Crippen LogP contribution in [0, 0.1) is 19.3 Å². The highest BCUT2D eigenvalue weighted by molar-refractivity contribution is 6.31. The lowest BCUT2D eigenvalue weighted by Crippen LogP contribution is -2.35. The molecule has 2 aromatic heterocycles. The number of fused-ring (bicyclic) bond motifs is 1. The van der Waals surface area contributed by atoms with Crippen LogP contribution in [0.3, 0.4) is 0 Å². The summed E-state index contributed by atoms with van der Waals surface area (Å²) in [6.07, 6.45) is 8.66. The lowest BCUT2D eigenvalue weighted by Gasteiger charge is -2.14.